The van der Waals surface area contributed by atoms with E-state index in [1.54, 1.807) is 5.57 Å². The molecular weight excluding hydrogens is 296 g/mol. The van der Waals surface area contributed by atoms with Crippen LogP contribution < -0.4 is 5.84 Å². The first-order valence-electron chi connectivity index (χ1n) is 10.0. The van der Waals surface area contributed by atoms with Crippen molar-refractivity contribution in [1.29, 1.82) is 0 Å². The van der Waals surface area contributed by atoms with Crippen LogP contribution in [0.5, 0.6) is 0 Å². The first-order valence-corrected chi connectivity index (χ1v) is 10.0. The molecule has 3 saturated carbocycles. The zero-order valence-electron chi connectivity index (χ0n) is 15.6. The van der Waals surface area contributed by atoms with Crippen molar-refractivity contribution in [3.8, 4) is 0 Å². The van der Waals surface area contributed by atoms with Crippen molar-refractivity contribution in [3.63, 3.8) is 0 Å². The van der Waals surface area contributed by atoms with Crippen LogP contribution in [0, 0.1) is 34.5 Å². The lowest BCUT2D eigenvalue weighted by atomic mass is 9.47. The van der Waals surface area contributed by atoms with Crippen LogP contribution in [0.3, 0.4) is 0 Å². The van der Waals surface area contributed by atoms with E-state index in [4.69, 9.17) is 5.84 Å². The molecule has 4 aliphatic carbocycles. The molecule has 3 nitrogen and oxygen atoms in total. The molecule has 134 valence electrons. The second-order valence-corrected chi connectivity index (χ2v) is 9.60. The molecule has 3 heteroatoms. The summed E-state index contributed by atoms with van der Waals surface area (Å²) in [6.45, 7) is 7.16. The van der Waals surface area contributed by atoms with Crippen molar-refractivity contribution in [2.45, 2.75) is 78.2 Å². The van der Waals surface area contributed by atoms with Crippen LogP contribution in [-0.2, 0) is 0 Å². The molecule has 4 aliphatic rings. The third kappa shape index (κ3) is 2.16. The lowest BCUT2D eigenvalue weighted by molar-refractivity contribution is -0.0423. The van der Waals surface area contributed by atoms with E-state index < -0.39 is 0 Å². The summed E-state index contributed by atoms with van der Waals surface area (Å²) in [7, 11) is 0. The van der Waals surface area contributed by atoms with Gasteiger partial charge in [0.05, 0.1) is 6.10 Å². The van der Waals surface area contributed by atoms with Crippen LogP contribution in [0.25, 0.3) is 0 Å². The van der Waals surface area contributed by atoms with Gasteiger partial charge in [0.25, 0.3) is 0 Å². The molecule has 0 saturated heterocycles. The minimum absolute atomic E-state index is 0.103. The number of aliphatic hydroxyl groups excluding tert-OH is 1. The summed E-state index contributed by atoms with van der Waals surface area (Å²) in [4.78, 5) is 0. The zero-order valence-corrected chi connectivity index (χ0v) is 15.6. The Bertz CT molecular complexity index is 582. The maximum Gasteiger partial charge on any atom is 0.0577 e. The molecule has 0 spiro atoms. The van der Waals surface area contributed by atoms with Gasteiger partial charge in [-0.3, -0.25) is 0 Å². The summed E-state index contributed by atoms with van der Waals surface area (Å²) in [5, 5.41) is 14.2. The van der Waals surface area contributed by atoms with Gasteiger partial charge < -0.3 is 10.9 Å². The summed E-state index contributed by atoms with van der Waals surface area (Å²) in [6, 6.07) is 0. The van der Waals surface area contributed by atoms with E-state index in [0.717, 1.165) is 36.3 Å². The van der Waals surface area contributed by atoms with Gasteiger partial charge in [0, 0.05) is 11.6 Å². The zero-order chi connectivity index (χ0) is 17.1. The molecular formula is C21H34N2O. The van der Waals surface area contributed by atoms with Crippen LogP contribution in [-0.4, -0.2) is 16.9 Å². The number of nitrogens with two attached hydrogens (primary N) is 1. The summed E-state index contributed by atoms with van der Waals surface area (Å²) < 4.78 is 0. The van der Waals surface area contributed by atoms with Crippen molar-refractivity contribution in [1.82, 2.24) is 0 Å². The largest absolute Gasteiger partial charge is 0.393 e. The van der Waals surface area contributed by atoms with Crippen LogP contribution >= 0.6 is 0 Å². The Labute approximate surface area is 146 Å². The maximum absolute atomic E-state index is 10.1. The molecule has 4 rings (SSSR count). The number of hydrazone groups is 1. The van der Waals surface area contributed by atoms with E-state index >= 15 is 0 Å². The molecule has 0 aromatic heterocycles. The van der Waals surface area contributed by atoms with Crippen LogP contribution in [0.15, 0.2) is 16.8 Å². The summed E-state index contributed by atoms with van der Waals surface area (Å²) >= 11 is 0. The van der Waals surface area contributed by atoms with Crippen LogP contribution in [0.1, 0.15) is 72.1 Å². The van der Waals surface area contributed by atoms with E-state index in [1.165, 1.54) is 38.5 Å². The standard InChI is InChI=1S/C21H34N2O/c1-13(23-22)17-6-7-18-16-5-4-14-12-15(24)8-10-20(14,2)19(16)9-11-21(17,18)3/h4,15-19,24H,5-12,22H2,1-3H3/b23-13+/t15-,16-,17-,18+,19-,20-,21+/m0/s1. The Hall–Kier alpha value is -0.830. The van der Waals surface area contributed by atoms with Gasteiger partial charge >= 0.3 is 0 Å². The monoisotopic (exact) mass is 330 g/mol. The highest BCUT2D eigenvalue weighted by molar-refractivity contribution is 5.85. The highest BCUT2D eigenvalue weighted by Gasteiger charge is 2.58. The van der Waals surface area contributed by atoms with Crippen molar-refractivity contribution in [2.24, 2.45) is 45.4 Å². The Balaban J connectivity index is 1.65. The first-order chi connectivity index (χ1) is 11.4. The van der Waals surface area contributed by atoms with Crippen LogP contribution in [0.4, 0.5) is 0 Å². The fourth-order valence-corrected chi connectivity index (χ4v) is 7.42. The molecule has 0 aliphatic heterocycles. The number of allylic oxidation sites excluding steroid dienone is 1. The number of rotatable bonds is 1. The van der Waals surface area contributed by atoms with Gasteiger partial charge in [-0.05, 0) is 86.9 Å². The smallest absolute Gasteiger partial charge is 0.0577 e. The number of hydrogen-bond donors (Lipinski definition) is 2. The van der Waals surface area contributed by atoms with Gasteiger partial charge in [0.2, 0.25) is 0 Å². The highest BCUT2D eigenvalue weighted by atomic mass is 16.3. The van der Waals surface area contributed by atoms with E-state index in [2.05, 4.69) is 31.9 Å². The van der Waals surface area contributed by atoms with E-state index in [-0.39, 0.29) is 6.10 Å². The molecule has 3 fully saturated rings. The molecule has 0 bridgehead atoms. The first kappa shape index (κ1) is 16.6. The number of hydrogen-bond acceptors (Lipinski definition) is 3. The van der Waals surface area contributed by atoms with Gasteiger partial charge in [-0.2, -0.15) is 5.10 Å². The minimum Gasteiger partial charge on any atom is -0.393 e. The maximum atomic E-state index is 10.1. The summed E-state index contributed by atoms with van der Waals surface area (Å²) in [5.74, 6) is 8.68. The van der Waals surface area contributed by atoms with Gasteiger partial charge in [-0.25, -0.2) is 0 Å². The Morgan fingerprint density at radius 2 is 1.96 bits per heavy atom. The molecule has 3 N–H and O–H groups in total. The predicted octanol–water partition coefficient (Wildman–Crippen LogP) is 4.26. The average molecular weight is 331 g/mol. The number of fused-ring (bicyclic) bond motifs is 5. The second kappa shape index (κ2) is 5.59. The molecule has 0 aromatic rings. The Kier molecular flexibility index (Phi) is 3.87. The van der Waals surface area contributed by atoms with Crippen molar-refractivity contribution < 1.29 is 5.11 Å². The minimum atomic E-state index is -0.103. The Morgan fingerprint density at radius 3 is 2.71 bits per heavy atom. The van der Waals surface area contributed by atoms with E-state index in [0.29, 0.717) is 16.7 Å². The van der Waals surface area contributed by atoms with Crippen molar-refractivity contribution in [2.75, 3.05) is 0 Å². The summed E-state index contributed by atoms with van der Waals surface area (Å²) in [5.41, 5.74) is 3.47. The lowest BCUT2D eigenvalue weighted by Crippen LogP contribution is -2.50. The SMILES string of the molecule is C/C(=N\N)[C@@H]1CC[C@@H]2[C@@H]3CC=C4C[C@@H](O)CC[C@]4(C)[C@H]3CC[C@@]21C. The molecule has 0 unspecified atom stereocenters. The lowest BCUT2D eigenvalue weighted by Gasteiger charge is -2.58. The van der Waals surface area contributed by atoms with Gasteiger partial charge in [0.1, 0.15) is 0 Å². The van der Waals surface area contributed by atoms with Crippen LogP contribution in [0.2, 0.25) is 0 Å². The quantitative estimate of drug-likeness (QED) is 0.327. The van der Waals surface area contributed by atoms with Crippen molar-refractivity contribution >= 4 is 5.71 Å². The fourth-order valence-electron chi connectivity index (χ4n) is 7.42. The summed E-state index contributed by atoms with van der Waals surface area (Å²) in [6.07, 6.45) is 12.0. The second-order valence-electron chi connectivity index (χ2n) is 9.60. The molecule has 0 radical (unpaired) electrons. The van der Waals surface area contributed by atoms with Gasteiger partial charge in [-0.1, -0.05) is 25.5 Å². The predicted molar refractivity (Wildman–Crippen MR) is 98.5 cm³/mol. The van der Waals surface area contributed by atoms with Gasteiger partial charge in [0.15, 0.2) is 0 Å². The average Bonchev–Trinajstić information content (AvgIpc) is 2.92. The highest BCUT2D eigenvalue weighted by Crippen LogP contribution is 2.66. The van der Waals surface area contributed by atoms with E-state index in [9.17, 15) is 5.11 Å². The topological polar surface area (TPSA) is 58.6 Å². The third-order valence-corrected chi connectivity index (χ3v) is 8.79. The molecule has 0 aromatic carbocycles. The molecule has 7 atom stereocenters. The molecule has 0 amide bonds. The third-order valence-electron chi connectivity index (χ3n) is 8.79. The van der Waals surface area contributed by atoms with E-state index in [1.807, 2.05) is 0 Å². The molecule has 24 heavy (non-hydrogen) atoms. The number of aliphatic hydroxyl groups is 1. The normalized spacial score (nSPS) is 51.4. The Morgan fingerprint density at radius 1 is 1.17 bits per heavy atom. The van der Waals surface area contributed by atoms with Gasteiger partial charge in [-0.15, -0.1) is 0 Å². The van der Waals surface area contributed by atoms with Crippen molar-refractivity contribution in [3.05, 3.63) is 11.6 Å². The molecule has 0 heterocycles. The number of nitrogens with zero attached hydrogens (tertiary/aromatic N) is 1. The fraction of sp³-hybridized carbons (Fsp3) is 0.857.